The zero-order chi connectivity index (χ0) is 28.3. The molecule has 2 aromatic carbocycles. The number of hydrogen-bond acceptors (Lipinski definition) is 8. The molecule has 0 spiro atoms. The Morgan fingerprint density at radius 1 is 1.20 bits per heavy atom. The quantitative estimate of drug-likeness (QED) is 0.321. The Morgan fingerprint density at radius 2 is 2.07 bits per heavy atom. The zero-order valence-electron chi connectivity index (χ0n) is 22.0. The van der Waals surface area contributed by atoms with Crippen LogP contribution in [0, 0.1) is 17.1 Å². The molecule has 10 nitrogen and oxygen atoms in total. The van der Waals surface area contributed by atoms with E-state index in [2.05, 4.69) is 4.98 Å². The number of nitrogens with zero attached hydrogens (tertiary/aromatic N) is 5. The van der Waals surface area contributed by atoms with Crippen molar-refractivity contribution in [2.24, 2.45) is 0 Å². The van der Waals surface area contributed by atoms with Crippen molar-refractivity contribution in [3.05, 3.63) is 94.7 Å². The van der Waals surface area contributed by atoms with Crippen molar-refractivity contribution in [1.82, 2.24) is 19.6 Å². The minimum atomic E-state index is -0.984. The molecule has 0 radical (unpaired) electrons. The lowest BCUT2D eigenvalue weighted by atomic mass is 10.1. The predicted octanol–water partition coefficient (Wildman–Crippen LogP) is 4.34. The fraction of sp³-hybridized carbons (Fsp3) is 0.267. The van der Waals surface area contributed by atoms with Gasteiger partial charge in [-0.2, -0.15) is 10.3 Å². The molecular weight excluding hydrogens is 529 g/mol. The number of ether oxygens (including phenoxy) is 2. The number of hydrogen-bond donors (Lipinski definition) is 1. The van der Waals surface area contributed by atoms with Gasteiger partial charge in [-0.05, 0) is 42.8 Å². The van der Waals surface area contributed by atoms with Crippen molar-refractivity contribution in [3.8, 4) is 11.9 Å². The van der Waals surface area contributed by atoms with E-state index in [1.54, 1.807) is 35.4 Å². The SMILES string of the molecule is N#Cc1ccc(COc2cccc(C3=CCN(Cc4nc5ccc(C(=O)O)cc5n4C[C@@H]4CCO4)OC3)n2)c(F)c1. The van der Waals surface area contributed by atoms with Gasteiger partial charge in [0.1, 0.15) is 18.2 Å². The molecule has 208 valence electrons. The Morgan fingerprint density at radius 3 is 2.78 bits per heavy atom. The molecule has 0 bridgehead atoms. The van der Waals surface area contributed by atoms with Crippen LogP contribution >= 0.6 is 0 Å². The van der Waals surface area contributed by atoms with Crippen molar-refractivity contribution < 1.29 is 28.6 Å². The van der Waals surface area contributed by atoms with Crippen molar-refractivity contribution in [3.63, 3.8) is 0 Å². The van der Waals surface area contributed by atoms with E-state index in [4.69, 9.17) is 24.6 Å². The van der Waals surface area contributed by atoms with E-state index < -0.39 is 11.8 Å². The molecule has 4 heterocycles. The number of fused-ring (bicyclic) bond motifs is 1. The topological polar surface area (TPSA) is 123 Å². The Kier molecular flexibility index (Phi) is 7.43. The van der Waals surface area contributed by atoms with Crippen molar-refractivity contribution in [2.45, 2.75) is 32.2 Å². The largest absolute Gasteiger partial charge is 0.478 e. The van der Waals surface area contributed by atoms with Gasteiger partial charge in [0, 0.05) is 30.4 Å². The van der Waals surface area contributed by atoms with Gasteiger partial charge < -0.3 is 19.1 Å². The summed E-state index contributed by atoms with van der Waals surface area (Å²) in [6, 6.07) is 16.5. The fourth-order valence-corrected chi connectivity index (χ4v) is 4.75. The molecule has 0 saturated carbocycles. The smallest absolute Gasteiger partial charge is 0.335 e. The summed E-state index contributed by atoms with van der Waals surface area (Å²) in [6.07, 6.45) is 3.05. The lowest BCUT2D eigenvalue weighted by molar-refractivity contribution is -0.152. The lowest BCUT2D eigenvalue weighted by Crippen LogP contribution is -2.33. The first-order chi connectivity index (χ1) is 20.0. The first kappa shape index (κ1) is 26.6. The average Bonchev–Trinajstić information content (AvgIpc) is 3.30. The molecule has 1 fully saturated rings. The average molecular weight is 556 g/mol. The second-order valence-electron chi connectivity index (χ2n) is 9.82. The number of aromatic carboxylic acids is 1. The van der Waals surface area contributed by atoms with Gasteiger partial charge in [-0.1, -0.05) is 18.2 Å². The summed E-state index contributed by atoms with van der Waals surface area (Å²) in [5.41, 5.74) is 3.85. The molecular formula is C30H26FN5O5. The van der Waals surface area contributed by atoms with Crippen LogP contribution in [0.1, 0.15) is 39.4 Å². The van der Waals surface area contributed by atoms with Gasteiger partial charge in [-0.3, -0.25) is 4.84 Å². The third-order valence-electron chi connectivity index (χ3n) is 7.13. The maximum Gasteiger partial charge on any atom is 0.335 e. The summed E-state index contributed by atoms with van der Waals surface area (Å²) in [6.45, 7) is 2.48. The number of aromatic nitrogens is 3. The highest BCUT2D eigenvalue weighted by atomic mass is 19.1. The highest BCUT2D eigenvalue weighted by Crippen LogP contribution is 2.25. The molecule has 6 rings (SSSR count). The number of benzene rings is 2. The summed E-state index contributed by atoms with van der Waals surface area (Å²) in [4.78, 5) is 26.9. The van der Waals surface area contributed by atoms with Gasteiger partial charge in [0.15, 0.2) is 0 Å². The normalized spacial score (nSPS) is 17.1. The van der Waals surface area contributed by atoms with Crippen LogP contribution in [-0.4, -0.2) is 56.5 Å². The van der Waals surface area contributed by atoms with Gasteiger partial charge >= 0.3 is 5.97 Å². The Hall–Kier alpha value is -4.63. The Labute approximate surface area is 234 Å². The van der Waals surface area contributed by atoms with E-state index >= 15 is 0 Å². The summed E-state index contributed by atoms with van der Waals surface area (Å²) in [5.74, 6) is -0.372. The molecule has 2 aliphatic heterocycles. The number of carbonyl (C=O) groups is 1. The number of pyridine rings is 1. The van der Waals surface area contributed by atoms with E-state index in [1.807, 2.05) is 28.8 Å². The number of nitriles is 1. The summed E-state index contributed by atoms with van der Waals surface area (Å²) >= 11 is 0. The number of hydroxylamine groups is 2. The lowest BCUT2D eigenvalue weighted by Gasteiger charge is -2.29. The summed E-state index contributed by atoms with van der Waals surface area (Å²) in [7, 11) is 0. The minimum Gasteiger partial charge on any atom is -0.478 e. The monoisotopic (exact) mass is 555 g/mol. The van der Waals surface area contributed by atoms with Crippen molar-refractivity contribution in [1.29, 1.82) is 5.26 Å². The number of imidazole rings is 1. The van der Waals surface area contributed by atoms with E-state index in [0.717, 1.165) is 35.5 Å². The van der Waals surface area contributed by atoms with Crippen LogP contribution in [-0.2, 0) is 29.3 Å². The first-order valence-corrected chi connectivity index (χ1v) is 13.2. The molecule has 0 amide bonds. The van der Waals surface area contributed by atoms with Crippen LogP contribution in [0.25, 0.3) is 16.6 Å². The van der Waals surface area contributed by atoms with Crippen molar-refractivity contribution in [2.75, 3.05) is 19.8 Å². The van der Waals surface area contributed by atoms with Crippen LogP contribution in [0.3, 0.4) is 0 Å². The molecule has 1 saturated heterocycles. The highest BCUT2D eigenvalue weighted by molar-refractivity contribution is 5.92. The molecule has 2 aliphatic rings. The van der Waals surface area contributed by atoms with E-state index in [9.17, 15) is 14.3 Å². The molecule has 0 unspecified atom stereocenters. The van der Waals surface area contributed by atoms with E-state index in [0.29, 0.717) is 36.8 Å². The van der Waals surface area contributed by atoms with Gasteiger partial charge in [0.05, 0.1) is 59.7 Å². The summed E-state index contributed by atoms with van der Waals surface area (Å²) in [5, 5.41) is 20.2. The maximum atomic E-state index is 14.2. The number of halogens is 1. The number of carboxylic acid groups (broad SMARTS) is 1. The molecule has 41 heavy (non-hydrogen) atoms. The molecule has 1 N–H and O–H groups in total. The van der Waals surface area contributed by atoms with Gasteiger partial charge in [-0.15, -0.1) is 0 Å². The van der Waals surface area contributed by atoms with Gasteiger partial charge in [0.2, 0.25) is 5.88 Å². The van der Waals surface area contributed by atoms with Crippen LogP contribution in [0.5, 0.6) is 5.88 Å². The number of rotatable bonds is 9. The number of carboxylic acids is 1. The van der Waals surface area contributed by atoms with Crippen molar-refractivity contribution >= 4 is 22.6 Å². The fourth-order valence-electron chi connectivity index (χ4n) is 4.75. The van der Waals surface area contributed by atoms with Gasteiger partial charge in [-0.25, -0.2) is 19.2 Å². The molecule has 2 aromatic heterocycles. The standard InChI is InChI=1S/C30H26FN5O5/c31-24-12-19(14-32)4-5-21(24)17-40-29-3-1-2-25(34-29)22-8-10-35(41-18-22)16-28-33-26-7-6-20(30(37)38)13-27(26)36(28)15-23-9-11-39-23/h1-8,12-13,23H,9-11,15-18H2,(H,37,38)/t23-/m0/s1. The van der Waals surface area contributed by atoms with Crippen LogP contribution in [0.15, 0.2) is 60.7 Å². The molecule has 11 heteroatoms. The Bertz CT molecular complexity index is 1690. The highest BCUT2D eigenvalue weighted by Gasteiger charge is 2.24. The maximum absolute atomic E-state index is 14.2. The second kappa shape index (κ2) is 11.5. The van der Waals surface area contributed by atoms with Crippen LogP contribution in [0.2, 0.25) is 0 Å². The molecule has 1 atom stereocenters. The third kappa shape index (κ3) is 5.81. The van der Waals surface area contributed by atoms with Crippen LogP contribution in [0.4, 0.5) is 4.39 Å². The minimum absolute atomic E-state index is 0.0157. The zero-order valence-corrected chi connectivity index (χ0v) is 22.0. The first-order valence-electron chi connectivity index (χ1n) is 13.2. The summed E-state index contributed by atoms with van der Waals surface area (Å²) < 4.78 is 27.6. The van der Waals surface area contributed by atoms with E-state index in [1.165, 1.54) is 12.1 Å². The van der Waals surface area contributed by atoms with Gasteiger partial charge in [0.25, 0.3) is 0 Å². The molecule has 4 aromatic rings. The third-order valence-corrected chi connectivity index (χ3v) is 7.13. The predicted molar refractivity (Wildman–Crippen MR) is 145 cm³/mol. The second-order valence-corrected chi connectivity index (χ2v) is 9.82. The Balaban J connectivity index is 1.14. The van der Waals surface area contributed by atoms with Crippen LogP contribution < -0.4 is 4.74 Å². The molecule has 0 aliphatic carbocycles. The van der Waals surface area contributed by atoms with E-state index in [-0.39, 0.29) is 30.4 Å².